The molecule has 1 aliphatic rings. The van der Waals surface area contributed by atoms with Crippen molar-refractivity contribution in [2.45, 2.75) is 39.0 Å². The van der Waals surface area contributed by atoms with E-state index in [4.69, 9.17) is 0 Å². The zero-order chi connectivity index (χ0) is 22.8. The van der Waals surface area contributed by atoms with Crippen LogP contribution in [0.15, 0.2) is 29.2 Å². The summed E-state index contributed by atoms with van der Waals surface area (Å²) in [5.41, 5.74) is 2.86. The van der Waals surface area contributed by atoms with Gasteiger partial charge in [0.2, 0.25) is 10.0 Å². The van der Waals surface area contributed by atoms with Crippen LogP contribution in [0, 0.1) is 13.8 Å². The van der Waals surface area contributed by atoms with Crippen LogP contribution in [0.1, 0.15) is 42.0 Å². The first kappa shape index (κ1) is 23.3. The van der Waals surface area contributed by atoms with E-state index in [0.29, 0.717) is 43.0 Å². The van der Waals surface area contributed by atoms with Crippen LogP contribution in [-0.2, 0) is 17.1 Å². The minimum Gasteiger partial charge on any atom is -0.372 e. The monoisotopic (exact) mass is 447 g/mol. The number of aromatic nitrogens is 2. The molecule has 1 aliphatic heterocycles. The molecule has 0 spiro atoms. The van der Waals surface area contributed by atoms with E-state index in [1.165, 1.54) is 4.31 Å². The third-order valence-electron chi connectivity index (χ3n) is 6.03. The van der Waals surface area contributed by atoms with E-state index >= 15 is 0 Å². The van der Waals surface area contributed by atoms with Gasteiger partial charge in [0.25, 0.3) is 5.91 Å². The molecule has 31 heavy (non-hydrogen) atoms. The van der Waals surface area contributed by atoms with Crippen LogP contribution in [0.3, 0.4) is 0 Å². The van der Waals surface area contributed by atoms with E-state index in [2.05, 4.69) is 23.8 Å². The highest BCUT2D eigenvalue weighted by molar-refractivity contribution is 7.89. The summed E-state index contributed by atoms with van der Waals surface area (Å²) in [6.45, 7) is 11.1. The fraction of sp³-hybridized carbons (Fsp3) is 0.545. The third kappa shape index (κ3) is 4.62. The Kier molecular flexibility index (Phi) is 7.06. The molecule has 0 N–H and O–H groups in total. The zero-order valence-electron chi connectivity index (χ0n) is 19.1. The molecule has 0 radical (unpaired) electrons. The summed E-state index contributed by atoms with van der Waals surface area (Å²) in [4.78, 5) is 17.3. The van der Waals surface area contributed by atoms with Gasteiger partial charge in [-0.05, 0) is 58.4 Å². The molecule has 2 aromatic rings. The molecule has 1 fully saturated rings. The van der Waals surface area contributed by atoms with Gasteiger partial charge in [-0.25, -0.2) is 8.42 Å². The van der Waals surface area contributed by atoms with Crippen molar-refractivity contribution in [1.29, 1.82) is 0 Å². The summed E-state index contributed by atoms with van der Waals surface area (Å²) >= 11 is 0. The number of sulfonamides is 1. The third-order valence-corrected chi connectivity index (χ3v) is 8.18. The average molecular weight is 448 g/mol. The maximum atomic E-state index is 13.3. The van der Waals surface area contributed by atoms with Crippen LogP contribution in [0.2, 0.25) is 0 Å². The Morgan fingerprint density at radius 1 is 1.03 bits per heavy atom. The number of hydrogen-bond acceptors (Lipinski definition) is 5. The largest absolute Gasteiger partial charge is 0.372 e. The van der Waals surface area contributed by atoms with Crippen molar-refractivity contribution in [1.82, 2.24) is 19.0 Å². The number of rotatable bonds is 6. The molecule has 1 saturated heterocycles. The molecule has 2 heterocycles. The number of anilines is 1. The highest BCUT2D eigenvalue weighted by Gasteiger charge is 2.32. The van der Waals surface area contributed by atoms with Crippen molar-refractivity contribution < 1.29 is 13.2 Å². The summed E-state index contributed by atoms with van der Waals surface area (Å²) < 4.78 is 29.6. The van der Waals surface area contributed by atoms with Gasteiger partial charge in [0.15, 0.2) is 0 Å². The maximum Gasteiger partial charge on any atom is 0.253 e. The van der Waals surface area contributed by atoms with E-state index in [0.717, 1.165) is 18.8 Å². The van der Waals surface area contributed by atoms with Gasteiger partial charge in [-0.15, -0.1) is 0 Å². The molecule has 0 saturated carbocycles. The topological polar surface area (TPSA) is 78.8 Å². The molecule has 1 aromatic heterocycles. The van der Waals surface area contributed by atoms with Crippen LogP contribution < -0.4 is 4.90 Å². The van der Waals surface area contributed by atoms with Crippen molar-refractivity contribution in [3.05, 3.63) is 41.2 Å². The highest BCUT2D eigenvalue weighted by Crippen LogP contribution is 2.24. The summed E-state index contributed by atoms with van der Waals surface area (Å²) in [5, 5.41) is 4.25. The number of carbonyl (C=O) groups is 1. The van der Waals surface area contributed by atoms with Crippen LogP contribution in [0.4, 0.5) is 5.69 Å². The number of aryl methyl sites for hydroxylation is 2. The molecule has 8 nitrogen and oxygen atoms in total. The fourth-order valence-electron chi connectivity index (χ4n) is 4.18. The summed E-state index contributed by atoms with van der Waals surface area (Å²) in [7, 11) is -1.91. The lowest BCUT2D eigenvalue weighted by molar-refractivity contribution is 0.0764. The number of amides is 1. The lowest BCUT2D eigenvalue weighted by atomic mass is 10.1. The Labute approximate surface area is 185 Å². The van der Waals surface area contributed by atoms with Crippen molar-refractivity contribution in [2.75, 3.05) is 44.2 Å². The smallest absolute Gasteiger partial charge is 0.253 e. The molecule has 3 rings (SSSR count). The second-order valence-electron chi connectivity index (χ2n) is 7.89. The molecule has 0 aliphatic carbocycles. The lowest BCUT2D eigenvalue weighted by Gasteiger charge is -2.23. The Bertz CT molecular complexity index is 1030. The number of carbonyl (C=O) groups excluding carboxylic acids is 1. The Balaban J connectivity index is 1.73. The van der Waals surface area contributed by atoms with Crippen molar-refractivity contribution in [3.8, 4) is 0 Å². The Morgan fingerprint density at radius 2 is 1.68 bits per heavy atom. The molecule has 9 heteroatoms. The van der Waals surface area contributed by atoms with Crippen LogP contribution in [0.5, 0.6) is 0 Å². The summed E-state index contributed by atoms with van der Waals surface area (Å²) in [6, 6.07) is 7.67. The standard InChI is InChI=1S/C22H33N5O3S/c1-6-25(7-2)20-11-9-19(10-12-20)22(28)26-13-8-14-27(16-15-26)31(29,30)21-17(3)23-24(5)18(21)4/h9-12H,6-8,13-16H2,1-5H3. The zero-order valence-corrected chi connectivity index (χ0v) is 19.9. The van der Waals surface area contributed by atoms with Gasteiger partial charge in [-0.1, -0.05) is 0 Å². The lowest BCUT2D eigenvalue weighted by Crippen LogP contribution is -2.37. The number of nitrogens with zero attached hydrogens (tertiary/aromatic N) is 5. The molecule has 0 bridgehead atoms. The van der Waals surface area contributed by atoms with Crippen LogP contribution >= 0.6 is 0 Å². The summed E-state index contributed by atoms with van der Waals surface area (Å²) in [5.74, 6) is -0.0564. The van der Waals surface area contributed by atoms with Crippen molar-refractivity contribution in [2.24, 2.45) is 7.05 Å². The Hall–Kier alpha value is -2.39. The minimum absolute atomic E-state index is 0.0564. The quantitative estimate of drug-likeness (QED) is 0.680. The van der Waals surface area contributed by atoms with E-state index in [1.54, 1.807) is 30.5 Å². The van der Waals surface area contributed by atoms with Gasteiger partial charge in [0, 0.05) is 57.6 Å². The van der Waals surface area contributed by atoms with E-state index < -0.39 is 10.0 Å². The molecule has 0 atom stereocenters. The van der Waals surface area contributed by atoms with Gasteiger partial charge < -0.3 is 9.80 Å². The van der Waals surface area contributed by atoms with Crippen molar-refractivity contribution in [3.63, 3.8) is 0 Å². The van der Waals surface area contributed by atoms with E-state index in [-0.39, 0.29) is 17.3 Å². The van der Waals surface area contributed by atoms with E-state index in [9.17, 15) is 13.2 Å². The second kappa shape index (κ2) is 9.40. The predicted octanol–water partition coefficient (Wildman–Crippen LogP) is 2.42. The maximum absolute atomic E-state index is 13.3. The SMILES string of the molecule is CCN(CC)c1ccc(C(=O)N2CCCN(S(=O)(=O)c3c(C)nn(C)c3C)CC2)cc1. The first-order valence-corrected chi connectivity index (χ1v) is 12.3. The molecule has 170 valence electrons. The van der Waals surface area contributed by atoms with Gasteiger partial charge >= 0.3 is 0 Å². The van der Waals surface area contributed by atoms with E-state index in [1.807, 2.05) is 24.3 Å². The van der Waals surface area contributed by atoms with Crippen LogP contribution in [0.25, 0.3) is 0 Å². The van der Waals surface area contributed by atoms with Gasteiger partial charge in [0.1, 0.15) is 4.90 Å². The predicted molar refractivity (Wildman–Crippen MR) is 122 cm³/mol. The first-order valence-electron chi connectivity index (χ1n) is 10.8. The molecule has 1 aromatic carbocycles. The second-order valence-corrected chi connectivity index (χ2v) is 9.77. The van der Waals surface area contributed by atoms with Gasteiger partial charge in [-0.2, -0.15) is 9.40 Å². The average Bonchev–Trinajstić information content (AvgIpc) is 2.92. The molecular formula is C22H33N5O3S. The minimum atomic E-state index is -3.65. The molecule has 1 amide bonds. The molecular weight excluding hydrogens is 414 g/mol. The number of benzene rings is 1. The fourth-order valence-corrected chi connectivity index (χ4v) is 6.05. The van der Waals surface area contributed by atoms with Crippen molar-refractivity contribution >= 4 is 21.6 Å². The molecule has 0 unspecified atom stereocenters. The van der Waals surface area contributed by atoms with Gasteiger partial charge in [0.05, 0.1) is 11.4 Å². The highest BCUT2D eigenvalue weighted by atomic mass is 32.2. The Morgan fingerprint density at radius 3 is 2.23 bits per heavy atom. The van der Waals surface area contributed by atoms with Crippen LogP contribution in [-0.4, -0.2) is 72.6 Å². The summed E-state index contributed by atoms with van der Waals surface area (Å²) in [6.07, 6.45) is 0.598. The normalized spacial score (nSPS) is 15.7. The number of hydrogen-bond donors (Lipinski definition) is 0. The van der Waals surface area contributed by atoms with Gasteiger partial charge in [-0.3, -0.25) is 9.48 Å². The first-order chi connectivity index (χ1) is 14.7.